The first-order valence-electron chi connectivity index (χ1n) is 9.87. The number of carbonyl (C=O) groups excluding carboxylic acids is 1. The highest BCUT2D eigenvalue weighted by Crippen LogP contribution is 2.23. The largest absolute Gasteiger partial charge is 0.439 e. The molecule has 2 heterocycles. The standard InChI is InChI=1S/C23H16FN5O5/c1-14-12-20(30)22(27-28(14)18-4-2-3-5-19(18)29(32)33)23(31)26-16-8-11-21(25-13-16)34-17-9-6-15(24)7-10-17/h2-13H,1H3,(H,26,31). The van der Waals surface area contributed by atoms with Crippen molar-refractivity contribution in [2.24, 2.45) is 0 Å². The molecule has 4 aromatic rings. The first-order valence-corrected chi connectivity index (χ1v) is 9.87. The zero-order valence-electron chi connectivity index (χ0n) is 17.6. The zero-order valence-corrected chi connectivity index (χ0v) is 17.6. The second-order valence-electron chi connectivity index (χ2n) is 7.05. The summed E-state index contributed by atoms with van der Waals surface area (Å²) in [6.45, 7) is 1.55. The minimum absolute atomic E-state index is 0.114. The topological polar surface area (TPSA) is 129 Å². The Kier molecular flexibility index (Phi) is 6.08. The van der Waals surface area contributed by atoms with E-state index >= 15 is 0 Å². The van der Waals surface area contributed by atoms with Crippen molar-refractivity contribution >= 4 is 17.3 Å². The van der Waals surface area contributed by atoms with Crippen LogP contribution in [0.1, 0.15) is 16.2 Å². The van der Waals surface area contributed by atoms with Crippen LogP contribution in [0.5, 0.6) is 11.6 Å². The maximum absolute atomic E-state index is 13.0. The maximum Gasteiger partial charge on any atom is 0.294 e. The average molecular weight is 461 g/mol. The monoisotopic (exact) mass is 461 g/mol. The minimum Gasteiger partial charge on any atom is -0.439 e. The fraction of sp³-hybridized carbons (Fsp3) is 0.0435. The molecule has 0 saturated heterocycles. The number of hydrogen-bond donors (Lipinski definition) is 1. The Morgan fingerprint density at radius 1 is 1.12 bits per heavy atom. The van der Waals surface area contributed by atoms with Crippen LogP contribution in [0.25, 0.3) is 5.69 Å². The molecule has 0 aliphatic rings. The Hall–Kier alpha value is -4.93. The Bertz CT molecular complexity index is 1440. The van der Waals surface area contributed by atoms with Crippen molar-refractivity contribution in [3.8, 4) is 17.3 Å². The van der Waals surface area contributed by atoms with E-state index in [0.717, 1.165) is 0 Å². The number of rotatable bonds is 6. The predicted molar refractivity (Wildman–Crippen MR) is 120 cm³/mol. The molecule has 11 heteroatoms. The van der Waals surface area contributed by atoms with Crippen LogP contribution < -0.4 is 15.5 Å². The molecule has 2 aromatic carbocycles. The summed E-state index contributed by atoms with van der Waals surface area (Å²) in [5.74, 6) is -0.628. The number of nitrogens with one attached hydrogen (secondary N) is 1. The van der Waals surface area contributed by atoms with Gasteiger partial charge in [0.25, 0.3) is 11.6 Å². The van der Waals surface area contributed by atoms with Crippen molar-refractivity contribution in [3.05, 3.63) is 110 Å². The molecule has 1 N–H and O–H groups in total. The van der Waals surface area contributed by atoms with E-state index in [1.165, 1.54) is 71.5 Å². The Morgan fingerprint density at radius 2 is 1.85 bits per heavy atom. The van der Waals surface area contributed by atoms with E-state index in [2.05, 4.69) is 15.4 Å². The smallest absolute Gasteiger partial charge is 0.294 e. The number of halogens is 1. The van der Waals surface area contributed by atoms with E-state index in [4.69, 9.17) is 4.74 Å². The number of amides is 1. The van der Waals surface area contributed by atoms with Gasteiger partial charge in [0, 0.05) is 23.9 Å². The number of benzene rings is 2. The van der Waals surface area contributed by atoms with E-state index in [1.807, 2.05) is 0 Å². The van der Waals surface area contributed by atoms with Gasteiger partial charge in [0.2, 0.25) is 11.3 Å². The van der Waals surface area contributed by atoms with E-state index in [0.29, 0.717) is 11.4 Å². The van der Waals surface area contributed by atoms with Gasteiger partial charge in [-0.15, -0.1) is 0 Å². The van der Waals surface area contributed by atoms with Gasteiger partial charge in [-0.25, -0.2) is 14.1 Å². The van der Waals surface area contributed by atoms with Crippen molar-refractivity contribution in [2.75, 3.05) is 5.32 Å². The van der Waals surface area contributed by atoms with Crippen LogP contribution in [-0.4, -0.2) is 25.6 Å². The molecule has 0 aliphatic carbocycles. The van der Waals surface area contributed by atoms with Gasteiger partial charge in [0.05, 0.1) is 16.8 Å². The summed E-state index contributed by atoms with van der Waals surface area (Å²) in [4.78, 5) is 40.0. The summed E-state index contributed by atoms with van der Waals surface area (Å²) < 4.78 is 19.7. The van der Waals surface area contributed by atoms with Gasteiger partial charge >= 0.3 is 0 Å². The third-order valence-corrected chi connectivity index (χ3v) is 4.66. The summed E-state index contributed by atoms with van der Waals surface area (Å²) in [5.41, 5.74) is -0.628. The lowest BCUT2D eigenvalue weighted by molar-refractivity contribution is -0.384. The number of ether oxygens (including phenoxy) is 1. The SMILES string of the molecule is Cc1cc(=O)c(C(=O)Nc2ccc(Oc3ccc(F)cc3)nc2)nn1-c1ccccc1[N+](=O)[O-]. The molecule has 34 heavy (non-hydrogen) atoms. The number of aryl methyl sites for hydroxylation is 1. The van der Waals surface area contributed by atoms with Crippen LogP contribution in [0.4, 0.5) is 15.8 Å². The first kappa shape index (κ1) is 22.3. The normalized spacial score (nSPS) is 10.5. The van der Waals surface area contributed by atoms with E-state index in [1.54, 1.807) is 13.0 Å². The summed E-state index contributed by atoms with van der Waals surface area (Å²) in [7, 11) is 0. The first-order chi connectivity index (χ1) is 16.3. The summed E-state index contributed by atoms with van der Waals surface area (Å²) in [6.07, 6.45) is 1.31. The number of pyridine rings is 1. The number of anilines is 1. The van der Waals surface area contributed by atoms with Crippen LogP contribution in [0, 0.1) is 22.9 Å². The highest BCUT2D eigenvalue weighted by atomic mass is 19.1. The second-order valence-corrected chi connectivity index (χ2v) is 7.05. The number of nitro benzene ring substituents is 1. The van der Waals surface area contributed by atoms with Crippen LogP contribution in [0.3, 0.4) is 0 Å². The molecule has 0 radical (unpaired) electrons. The maximum atomic E-state index is 13.0. The third kappa shape index (κ3) is 4.78. The van der Waals surface area contributed by atoms with Crippen molar-refractivity contribution in [3.63, 3.8) is 0 Å². The lowest BCUT2D eigenvalue weighted by atomic mass is 10.2. The van der Waals surface area contributed by atoms with Crippen LogP contribution in [-0.2, 0) is 0 Å². The lowest BCUT2D eigenvalue weighted by Gasteiger charge is -2.11. The van der Waals surface area contributed by atoms with Crippen molar-refractivity contribution < 1.29 is 18.8 Å². The van der Waals surface area contributed by atoms with E-state index < -0.39 is 27.8 Å². The molecule has 170 valence electrons. The van der Waals surface area contributed by atoms with Gasteiger partial charge in [0.1, 0.15) is 17.3 Å². The molecule has 0 unspecified atom stereocenters. The molecule has 0 bridgehead atoms. The highest BCUT2D eigenvalue weighted by molar-refractivity contribution is 6.02. The molecule has 0 spiro atoms. The average Bonchev–Trinajstić information content (AvgIpc) is 2.82. The Labute approximate surface area is 191 Å². The molecule has 10 nitrogen and oxygen atoms in total. The highest BCUT2D eigenvalue weighted by Gasteiger charge is 2.20. The van der Waals surface area contributed by atoms with Gasteiger partial charge in [-0.2, -0.15) is 5.10 Å². The summed E-state index contributed by atoms with van der Waals surface area (Å²) in [5, 5.41) is 18.0. The molecule has 0 fully saturated rings. The predicted octanol–water partition coefficient (Wildman–Crippen LogP) is 4.03. The number of nitrogens with zero attached hydrogens (tertiary/aromatic N) is 4. The van der Waals surface area contributed by atoms with Gasteiger partial charge in [-0.05, 0) is 43.3 Å². The number of para-hydroxylation sites is 2. The zero-order chi connectivity index (χ0) is 24.2. The molecule has 1 amide bonds. The lowest BCUT2D eigenvalue weighted by Crippen LogP contribution is -2.27. The molecule has 4 rings (SSSR count). The number of nitro groups is 1. The fourth-order valence-electron chi connectivity index (χ4n) is 3.07. The molecular formula is C23H16FN5O5. The fourth-order valence-corrected chi connectivity index (χ4v) is 3.07. The molecule has 0 saturated carbocycles. The Balaban J connectivity index is 1.57. The molecular weight excluding hydrogens is 445 g/mol. The summed E-state index contributed by atoms with van der Waals surface area (Å²) >= 11 is 0. The third-order valence-electron chi connectivity index (χ3n) is 4.66. The van der Waals surface area contributed by atoms with Crippen molar-refractivity contribution in [1.82, 2.24) is 14.8 Å². The van der Waals surface area contributed by atoms with Crippen LogP contribution in [0.15, 0.2) is 77.7 Å². The number of aromatic nitrogens is 3. The van der Waals surface area contributed by atoms with Gasteiger partial charge < -0.3 is 10.1 Å². The Morgan fingerprint density at radius 3 is 2.53 bits per heavy atom. The molecule has 0 aliphatic heterocycles. The van der Waals surface area contributed by atoms with E-state index in [9.17, 15) is 24.1 Å². The second kappa shape index (κ2) is 9.28. The number of carbonyl (C=O) groups is 1. The van der Waals surface area contributed by atoms with E-state index in [-0.39, 0.29) is 22.9 Å². The molecule has 0 atom stereocenters. The van der Waals surface area contributed by atoms with Crippen LogP contribution in [0.2, 0.25) is 0 Å². The van der Waals surface area contributed by atoms with Crippen LogP contribution >= 0.6 is 0 Å². The minimum atomic E-state index is -0.814. The van der Waals surface area contributed by atoms with Crippen molar-refractivity contribution in [2.45, 2.75) is 6.92 Å². The summed E-state index contributed by atoms with van der Waals surface area (Å²) in [6, 6.07) is 15.4. The van der Waals surface area contributed by atoms with Crippen molar-refractivity contribution in [1.29, 1.82) is 0 Å². The van der Waals surface area contributed by atoms with Gasteiger partial charge in [-0.1, -0.05) is 12.1 Å². The van der Waals surface area contributed by atoms with Gasteiger partial charge in [-0.3, -0.25) is 19.7 Å². The van der Waals surface area contributed by atoms with Gasteiger partial charge in [0.15, 0.2) is 5.69 Å². The molecule has 2 aromatic heterocycles. The number of hydrogen-bond acceptors (Lipinski definition) is 7. The quantitative estimate of drug-likeness (QED) is 0.339.